The Morgan fingerprint density at radius 3 is 1.61 bits per heavy atom. The molecule has 0 aliphatic heterocycles. The molecule has 0 heterocycles. The van der Waals surface area contributed by atoms with Gasteiger partial charge in [0.25, 0.3) is 0 Å². The Morgan fingerprint density at radius 2 is 1.09 bits per heavy atom. The van der Waals surface area contributed by atoms with Crippen LogP contribution in [-0.2, 0) is 19.3 Å². The minimum absolute atomic E-state index is 1.13. The van der Waals surface area contributed by atoms with E-state index in [0.717, 1.165) is 19.3 Å². The smallest absolute Gasteiger partial charge is 0.0238 e. The highest BCUT2D eigenvalue weighted by Crippen LogP contribution is 2.08. The van der Waals surface area contributed by atoms with E-state index in [0.29, 0.717) is 0 Å². The summed E-state index contributed by atoms with van der Waals surface area (Å²) in [5.74, 6) is 0. The second-order valence-electron chi connectivity index (χ2n) is 5.81. The third-order valence-corrected chi connectivity index (χ3v) is 3.88. The normalized spacial score (nSPS) is 9.83. The van der Waals surface area contributed by atoms with E-state index in [2.05, 4.69) is 92.7 Å². The van der Waals surface area contributed by atoms with Crippen molar-refractivity contribution in [3.63, 3.8) is 0 Å². The number of aryl methyl sites for hydroxylation is 4. The maximum atomic E-state index is 2.27. The molecule has 0 saturated carbocycles. The van der Waals surface area contributed by atoms with Crippen LogP contribution in [0.2, 0.25) is 0 Å². The van der Waals surface area contributed by atoms with E-state index in [1.165, 1.54) is 22.3 Å². The average Bonchev–Trinajstić information content (AvgIpc) is 2.62. The lowest BCUT2D eigenvalue weighted by atomic mass is 10.0. The Morgan fingerprint density at radius 1 is 0.565 bits per heavy atom. The predicted molar refractivity (Wildman–Crippen MR) is 101 cm³/mol. The fourth-order valence-corrected chi connectivity index (χ4v) is 2.51. The van der Waals surface area contributed by atoms with Crippen molar-refractivity contribution < 1.29 is 0 Å². The van der Waals surface area contributed by atoms with Gasteiger partial charge >= 0.3 is 0 Å². The van der Waals surface area contributed by atoms with Crippen LogP contribution in [0.3, 0.4) is 0 Å². The van der Waals surface area contributed by atoms with Crippen LogP contribution in [0.25, 0.3) is 0 Å². The second kappa shape index (κ2) is 9.63. The first-order valence-electron chi connectivity index (χ1n) is 8.41. The van der Waals surface area contributed by atoms with Gasteiger partial charge in [-0.15, -0.1) is 0 Å². The molecule has 23 heavy (non-hydrogen) atoms. The van der Waals surface area contributed by atoms with Crippen LogP contribution in [-0.4, -0.2) is 0 Å². The molecule has 0 radical (unpaired) electrons. The van der Waals surface area contributed by atoms with Crippen LogP contribution in [0.5, 0.6) is 0 Å². The van der Waals surface area contributed by atoms with Gasteiger partial charge in [-0.25, -0.2) is 0 Å². The molecule has 0 aromatic heterocycles. The van der Waals surface area contributed by atoms with Gasteiger partial charge in [0.15, 0.2) is 0 Å². The summed E-state index contributed by atoms with van der Waals surface area (Å²) in [7, 11) is 0. The van der Waals surface area contributed by atoms with E-state index in [1.54, 1.807) is 0 Å². The first-order valence-corrected chi connectivity index (χ1v) is 8.41. The van der Waals surface area contributed by atoms with E-state index in [4.69, 9.17) is 0 Å². The van der Waals surface area contributed by atoms with Crippen LogP contribution in [0.1, 0.15) is 29.2 Å². The zero-order valence-electron chi connectivity index (χ0n) is 14.2. The molecule has 3 rings (SSSR count). The molecule has 0 amide bonds. The van der Waals surface area contributed by atoms with Gasteiger partial charge in [-0.3, -0.25) is 0 Å². The summed E-state index contributed by atoms with van der Waals surface area (Å²) in [4.78, 5) is 0. The summed E-state index contributed by atoms with van der Waals surface area (Å²) >= 11 is 0. The quantitative estimate of drug-likeness (QED) is 0.552. The van der Waals surface area contributed by atoms with E-state index in [-0.39, 0.29) is 0 Å². The molecule has 0 aliphatic rings. The lowest BCUT2D eigenvalue weighted by molar-refractivity contribution is 0.958. The molecule has 0 heteroatoms. The van der Waals surface area contributed by atoms with Gasteiger partial charge in [0.1, 0.15) is 0 Å². The van der Waals surface area contributed by atoms with Crippen molar-refractivity contribution >= 4 is 0 Å². The molecule has 0 fully saturated rings. The summed E-state index contributed by atoms with van der Waals surface area (Å²) < 4.78 is 0. The molecular formula is C23H26. The van der Waals surface area contributed by atoms with E-state index < -0.39 is 0 Å². The summed E-state index contributed by atoms with van der Waals surface area (Å²) in [6.45, 7) is 4.31. The Balaban J connectivity index is 0.000000203. The van der Waals surface area contributed by atoms with Crippen molar-refractivity contribution in [3.05, 3.63) is 107 Å². The highest BCUT2D eigenvalue weighted by Gasteiger charge is 1.95. The third-order valence-electron chi connectivity index (χ3n) is 3.88. The molecule has 0 aliphatic carbocycles. The molecule has 0 nitrogen and oxygen atoms in total. The minimum Gasteiger partial charge on any atom is -0.0622 e. The van der Waals surface area contributed by atoms with Gasteiger partial charge in [-0.2, -0.15) is 0 Å². The van der Waals surface area contributed by atoms with Crippen LogP contribution < -0.4 is 0 Å². The van der Waals surface area contributed by atoms with Crippen molar-refractivity contribution in [3.8, 4) is 0 Å². The van der Waals surface area contributed by atoms with Crippen molar-refractivity contribution in [2.45, 2.75) is 33.1 Å². The Labute approximate surface area is 140 Å². The molecule has 118 valence electrons. The van der Waals surface area contributed by atoms with Crippen LogP contribution in [0.4, 0.5) is 0 Å². The van der Waals surface area contributed by atoms with E-state index >= 15 is 0 Å². The van der Waals surface area contributed by atoms with Gasteiger partial charge in [0, 0.05) is 0 Å². The number of hydrogen-bond donors (Lipinski definition) is 0. The van der Waals surface area contributed by atoms with Gasteiger partial charge < -0.3 is 0 Å². The van der Waals surface area contributed by atoms with Crippen LogP contribution in [0.15, 0.2) is 84.9 Å². The van der Waals surface area contributed by atoms with E-state index in [1.807, 2.05) is 6.07 Å². The van der Waals surface area contributed by atoms with Crippen molar-refractivity contribution in [1.29, 1.82) is 0 Å². The van der Waals surface area contributed by atoms with Crippen LogP contribution in [0, 0.1) is 6.92 Å². The number of benzene rings is 3. The molecule has 0 unspecified atom stereocenters. The number of rotatable bonds is 4. The zero-order valence-corrected chi connectivity index (χ0v) is 14.2. The SMILES string of the molecule is CCc1ccccc1.Cc1cccc(CCc2ccccc2)c1. The average molecular weight is 302 g/mol. The maximum absolute atomic E-state index is 2.27. The van der Waals surface area contributed by atoms with Crippen molar-refractivity contribution in [2.24, 2.45) is 0 Å². The third kappa shape index (κ3) is 6.52. The summed E-state index contributed by atoms with van der Waals surface area (Å²) in [5, 5.41) is 0. The largest absolute Gasteiger partial charge is 0.0622 e. The highest BCUT2D eigenvalue weighted by atomic mass is 14.0. The maximum Gasteiger partial charge on any atom is -0.0238 e. The Bertz CT molecular complexity index is 669. The zero-order chi connectivity index (χ0) is 16.3. The Kier molecular flexibility index (Phi) is 7.13. The van der Waals surface area contributed by atoms with Gasteiger partial charge in [-0.05, 0) is 42.9 Å². The standard InChI is InChI=1S/C15H16.C8H10/c1-13-6-5-9-15(12-13)11-10-14-7-3-2-4-8-14;1-2-8-6-4-3-5-7-8/h2-9,12H,10-11H2,1H3;3-7H,2H2,1H3. The topological polar surface area (TPSA) is 0 Å². The monoisotopic (exact) mass is 302 g/mol. The molecule has 0 spiro atoms. The van der Waals surface area contributed by atoms with Crippen molar-refractivity contribution in [2.75, 3.05) is 0 Å². The molecule has 0 saturated heterocycles. The minimum atomic E-state index is 1.13. The molecule has 0 N–H and O–H groups in total. The van der Waals surface area contributed by atoms with Crippen LogP contribution >= 0.6 is 0 Å². The molecule has 0 atom stereocenters. The van der Waals surface area contributed by atoms with Gasteiger partial charge in [0.2, 0.25) is 0 Å². The van der Waals surface area contributed by atoms with Gasteiger partial charge in [0.05, 0.1) is 0 Å². The molecule has 3 aromatic rings. The fraction of sp³-hybridized carbons (Fsp3) is 0.217. The van der Waals surface area contributed by atoms with Gasteiger partial charge in [-0.1, -0.05) is 97.4 Å². The molecule has 0 bridgehead atoms. The lowest BCUT2D eigenvalue weighted by Gasteiger charge is -2.02. The summed E-state index contributed by atoms with van der Waals surface area (Å²) in [6, 6.07) is 29.9. The highest BCUT2D eigenvalue weighted by molar-refractivity contribution is 5.24. The predicted octanol–water partition coefficient (Wildman–Crippen LogP) is 6.03. The molecule has 3 aromatic carbocycles. The van der Waals surface area contributed by atoms with Crippen molar-refractivity contribution in [1.82, 2.24) is 0 Å². The fourth-order valence-electron chi connectivity index (χ4n) is 2.51. The first-order chi connectivity index (χ1) is 11.3. The second-order valence-corrected chi connectivity index (χ2v) is 5.81. The molecular weight excluding hydrogens is 276 g/mol. The first kappa shape index (κ1) is 17.0. The number of hydrogen-bond acceptors (Lipinski definition) is 0. The summed E-state index contributed by atoms with van der Waals surface area (Å²) in [5.41, 5.74) is 5.60. The Hall–Kier alpha value is -2.34. The lowest BCUT2D eigenvalue weighted by Crippen LogP contribution is -1.91. The summed E-state index contributed by atoms with van der Waals surface area (Å²) in [6.07, 6.45) is 3.40. The van der Waals surface area contributed by atoms with E-state index in [9.17, 15) is 0 Å².